The molecule has 0 atom stereocenters. The molecule has 1 N–H and O–H groups in total. The number of aliphatic hydroxyl groups excluding tert-OH is 1. The summed E-state index contributed by atoms with van der Waals surface area (Å²) in [5, 5.41) is 20.2. The molecule has 0 aliphatic heterocycles. The van der Waals surface area contributed by atoms with Crippen LogP contribution in [0.4, 0.5) is 0 Å². The van der Waals surface area contributed by atoms with Crippen molar-refractivity contribution in [3.8, 4) is 0 Å². The molecule has 17 heavy (non-hydrogen) atoms. The number of hydrogen-bond donors (Lipinski definition) is 1. The van der Waals surface area contributed by atoms with Gasteiger partial charge in [-0.1, -0.05) is 25.1 Å². The molecule has 8 heteroatoms. The number of ether oxygens (including phenoxy) is 1. The molecular weight excluding hydrogens is 244 g/mol. The Morgan fingerprint density at radius 2 is 2.41 bits per heavy atom. The van der Waals surface area contributed by atoms with Crippen LogP contribution < -0.4 is 0 Å². The monoisotopic (exact) mass is 260 g/mol. The Labute approximate surface area is 104 Å². The van der Waals surface area contributed by atoms with Crippen LogP contribution in [0.1, 0.15) is 19.8 Å². The van der Waals surface area contributed by atoms with Gasteiger partial charge in [0.05, 0.1) is 25.5 Å². The Bertz CT molecular complexity index is 345. The molecule has 0 fully saturated rings. The maximum atomic E-state index is 11.3. The van der Waals surface area contributed by atoms with E-state index in [1.165, 1.54) is 16.4 Å². The van der Waals surface area contributed by atoms with E-state index >= 15 is 0 Å². The second-order valence-electron chi connectivity index (χ2n) is 3.27. The fourth-order valence-corrected chi connectivity index (χ4v) is 1.73. The number of nitrogens with zero attached hydrogens (tertiary/aromatic N) is 4. The third kappa shape index (κ3) is 5.14. The fraction of sp³-hybridized carbons (Fsp3) is 0.778. The van der Waals surface area contributed by atoms with E-state index in [4.69, 9.17) is 9.84 Å². The predicted molar refractivity (Wildman–Crippen MR) is 61.5 cm³/mol. The first-order chi connectivity index (χ1) is 8.27. The zero-order valence-corrected chi connectivity index (χ0v) is 10.5. The molecular formula is C9H16N4O3S. The van der Waals surface area contributed by atoms with Gasteiger partial charge in [-0.15, -0.1) is 5.10 Å². The molecule has 0 aliphatic carbocycles. The molecule has 1 aromatic heterocycles. The van der Waals surface area contributed by atoms with Gasteiger partial charge in [0, 0.05) is 0 Å². The van der Waals surface area contributed by atoms with E-state index in [1.807, 2.05) is 6.92 Å². The maximum absolute atomic E-state index is 11.3. The third-order valence-corrected chi connectivity index (χ3v) is 2.82. The zero-order chi connectivity index (χ0) is 12.5. The second-order valence-corrected chi connectivity index (χ2v) is 4.21. The molecule has 0 unspecified atom stereocenters. The molecule has 0 radical (unpaired) electrons. The Balaban J connectivity index is 2.29. The number of thioether (sulfide) groups is 1. The summed E-state index contributed by atoms with van der Waals surface area (Å²) in [6.45, 7) is 2.77. The first-order valence-electron chi connectivity index (χ1n) is 5.43. The van der Waals surface area contributed by atoms with Crippen molar-refractivity contribution in [3.05, 3.63) is 0 Å². The molecule has 0 spiro atoms. The molecule has 96 valence electrons. The number of hydrogen-bond acceptors (Lipinski definition) is 7. The second kappa shape index (κ2) is 8.02. The highest BCUT2D eigenvalue weighted by Crippen LogP contribution is 2.13. The summed E-state index contributed by atoms with van der Waals surface area (Å²) < 4.78 is 6.44. The fourth-order valence-electron chi connectivity index (χ4n) is 1.03. The number of unbranched alkanes of at least 4 members (excludes halogenated alkanes) is 1. The summed E-state index contributed by atoms with van der Waals surface area (Å²) in [5.41, 5.74) is 0. The maximum Gasteiger partial charge on any atom is 0.316 e. The average molecular weight is 260 g/mol. The highest BCUT2D eigenvalue weighted by molar-refractivity contribution is 7.99. The summed E-state index contributed by atoms with van der Waals surface area (Å²) in [7, 11) is 0. The van der Waals surface area contributed by atoms with Gasteiger partial charge in [0.15, 0.2) is 0 Å². The normalized spacial score (nSPS) is 10.5. The zero-order valence-electron chi connectivity index (χ0n) is 9.70. The minimum atomic E-state index is -0.276. The number of tetrazole rings is 1. The number of carbonyl (C=O) groups excluding carboxylic acids is 1. The quantitative estimate of drug-likeness (QED) is 0.403. The summed E-state index contributed by atoms with van der Waals surface area (Å²) in [5.74, 6) is -0.0998. The van der Waals surface area contributed by atoms with Crippen molar-refractivity contribution in [2.75, 3.05) is 19.0 Å². The van der Waals surface area contributed by atoms with Gasteiger partial charge in [-0.3, -0.25) is 4.79 Å². The minimum absolute atomic E-state index is 0.0421. The lowest BCUT2D eigenvalue weighted by molar-refractivity contribution is -0.140. The summed E-state index contributed by atoms with van der Waals surface area (Å²) >= 11 is 1.20. The van der Waals surface area contributed by atoms with E-state index in [-0.39, 0.29) is 18.3 Å². The van der Waals surface area contributed by atoms with Gasteiger partial charge in [-0.05, 0) is 16.8 Å². The van der Waals surface area contributed by atoms with Crippen LogP contribution in [0.2, 0.25) is 0 Å². The van der Waals surface area contributed by atoms with E-state index in [1.54, 1.807) is 0 Å². The van der Waals surface area contributed by atoms with Crippen molar-refractivity contribution in [3.63, 3.8) is 0 Å². The lowest BCUT2D eigenvalue weighted by Gasteiger charge is -2.03. The van der Waals surface area contributed by atoms with Gasteiger partial charge in [0.25, 0.3) is 0 Å². The van der Waals surface area contributed by atoms with E-state index in [9.17, 15) is 4.79 Å². The Kier molecular flexibility index (Phi) is 6.56. The molecule has 0 aromatic carbocycles. The van der Waals surface area contributed by atoms with Crippen LogP contribution in [0.25, 0.3) is 0 Å². The first-order valence-corrected chi connectivity index (χ1v) is 6.42. The molecule has 1 aromatic rings. The standard InChI is InChI=1S/C9H16N4O3S/c1-2-3-6-16-8(15)7-17-9-10-11-12-13(9)4-5-14/h14H,2-7H2,1H3. The smallest absolute Gasteiger partial charge is 0.316 e. The van der Waals surface area contributed by atoms with Crippen molar-refractivity contribution in [1.29, 1.82) is 0 Å². The molecule has 0 saturated carbocycles. The molecule has 1 heterocycles. The van der Waals surface area contributed by atoms with Crippen molar-refractivity contribution in [1.82, 2.24) is 20.2 Å². The van der Waals surface area contributed by atoms with Crippen molar-refractivity contribution < 1.29 is 14.6 Å². The van der Waals surface area contributed by atoms with Crippen LogP contribution in [0.15, 0.2) is 5.16 Å². The van der Waals surface area contributed by atoms with Crippen molar-refractivity contribution in [2.24, 2.45) is 0 Å². The van der Waals surface area contributed by atoms with Crippen LogP contribution in [0.5, 0.6) is 0 Å². The number of carbonyl (C=O) groups is 1. The summed E-state index contributed by atoms with van der Waals surface area (Å²) in [4.78, 5) is 11.3. The number of rotatable bonds is 8. The third-order valence-electron chi connectivity index (χ3n) is 1.89. The van der Waals surface area contributed by atoms with E-state index < -0.39 is 0 Å². The van der Waals surface area contributed by atoms with Gasteiger partial charge < -0.3 is 9.84 Å². The van der Waals surface area contributed by atoms with Gasteiger partial charge >= 0.3 is 5.97 Å². The molecule has 1 rings (SSSR count). The highest BCUT2D eigenvalue weighted by Gasteiger charge is 2.10. The summed E-state index contributed by atoms with van der Waals surface area (Å²) in [6.07, 6.45) is 1.87. The van der Waals surface area contributed by atoms with Crippen LogP contribution in [-0.4, -0.2) is 50.2 Å². The van der Waals surface area contributed by atoms with Gasteiger partial charge in [0.2, 0.25) is 5.16 Å². The molecule has 7 nitrogen and oxygen atoms in total. The molecule has 0 aliphatic rings. The van der Waals surface area contributed by atoms with Crippen LogP contribution in [-0.2, 0) is 16.1 Å². The van der Waals surface area contributed by atoms with Gasteiger partial charge in [0.1, 0.15) is 0 Å². The number of esters is 1. The molecule has 0 saturated heterocycles. The molecule has 0 bridgehead atoms. The van der Waals surface area contributed by atoms with Gasteiger partial charge in [-0.2, -0.15) is 0 Å². The van der Waals surface area contributed by atoms with Crippen LogP contribution in [0, 0.1) is 0 Å². The predicted octanol–water partition coefficient (Wildman–Crippen LogP) is 0.101. The average Bonchev–Trinajstić information content (AvgIpc) is 2.75. The topological polar surface area (TPSA) is 90.1 Å². The Morgan fingerprint density at radius 1 is 1.59 bits per heavy atom. The van der Waals surface area contributed by atoms with E-state index in [0.717, 1.165) is 12.8 Å². The SMILES string of the molecule is CCCCOC(=O)CSc1nnnn1CCO. The highest BCUT2D eigenvalue weighted by atomic mass is 32.2. The van der Waals surface area contributed by atoms with Crippen LogP contribution in [0.3, 0.4) is 0 Å². The largest absolute Gasteiger partial charge is 0.465 e. The van der Waals surface area contributed by atoms with Crippen molar-refractivity contribution in [2.45, 2.75) is 31.5 Å². The number of aromatic nitrogens is 4. The van der Waals surface area contributed by atoms with Crippen molar-refractivity contribution >= 4 is 17.7 Å². The van der Waals surface area contributed by atoms with E-state index in [0.29, 0.717) is 18.3 Å². The Morgan fingerprint density at radius 3 is 3.12 bits per heavy atom. The van der Waals surface area contributed by atoms with E-state index in [2.05, 4.69) is 15.5 Å². The lowest BCUT2D eigenvalue weighted by atomic mass is 10.4. The number of aliphatic hydroxyl groups is 1. The van der Waals surface area contributed by atoms with Gasteiger partial charge in [-0.25, -0.2) is 4.68 Å². The van der Waals surface area contributed by atoms with Crippen LogP contribution >= 0.6 is 11.8 Å². The lowest BCUT2D eigenvalue weighted by Crippen LogP contribution is -2.10. The molecule has 0 amide bonds. The minimum Gasteiger partial charge on any atom is -0.465 e. The first kappa shape index (κ1) is 13.9. The Hall–Kier alpha value is -1.15. The summed E-state index contributed by atoms with van der Waals surface area (Å²) in [6, 6.07) is 0.